The Morgan fingerprint density at radius 2 is 2.00 bits per heavy atom. The first-order valence-corrected chi connectivity index (χ1v) is 10.1. The molecule has 1 aliphatic heterocycles. The molecule has 32 heavy (non-hydrogen) atoms. The Balaban J connectivity index is 1.49. The zero-order valence-electron chi connectivity index (χ0n) is 17.6. The summed E-state index contributed by atoms with van der Waals surface area (Å²) < 4.78 is 5.03. The summed E-state index contributed by atoms with van der Waals surface area (Å²) in [6.45, 7) is 1.14. The number of fused-ring (bicyclic) bond motifs is 1. The van der Waals surface area contributed by atoms with Gasteiger partial charge in [-0.2, -0.15) is 0 Å². The molecule has 0 saturated carbocycles. The molecule has 4 amide bonds. The van der Waals surface area contributed by atoms with Crippen LogP contribution < -0.4 is 15.4 Å². The van der Waals surface area contributed by atoms with E-state index in [1.807, 2.05) is 24.3 Å². The third kappa shape index (κ3) is 3.64. The molecule has 10 nitrogen and oxygen atoms in total. The third-order valence-electron chi connectivity index (χ3n) is 5.98. The van der Waals surface area contributed by atoms with Gasteiger partial charge in [0, 0.05) is 24.2 Å². The van der Waals surface area contributed by atoms with Crippen LogP contribution in [-0.2, 0) is 22.4 Å². The fraction of sp³-hybridized carbons (Fsp3) is 0.318. The van der Waals surface area contributed by atoms with Gasteiger partial charge in [-0.05, 0) is 36.5 Å². The van der Waals surface area contributed by atoms with Crippen LogP contribution in [0.5, 0.6) is 5.75 Å². The van der Waals surface area contributed by atoms with Gasteiger partial charge in [0.1, 0.15) is 12.1 Å². The van der Waals surface area contributed by atoms with E-state index in [0.29, 0.717) is 30.5 Å². The largest absolute Gasteiger partial charge is 0.490 e. The lowest BCUT2D eigenvalue weighted by molar-refractivity contribution is -0.385. The molecule has 1 spiro atoms. The second-order valence-corrected chi connectivity index (χ2v) is 7.99. The van der Waals surface area contributed by atoms with E-state index in [1.54, 1.807) is 6.92 Å². The van der Waals surface area contributed by atoms with Crippen molar-refractivity contribution in [1.29, 1.82) is 0 Å². The monoisotopic (exact) mass is 438 g/mol. The van der Waals surface area contributed by atoms with Crippen molar-refractivity contribution < 1.29 is 24.0 Å². The summed E-state index contributed by atoms with van der Waals surface area (Å²) in [7, 11) is 1.29. The smallest absolute Gasteiger partial charge is 0.325 e. The van der Waals surface area contributed by atoms with E-state index in [1.165, 1.54) is 19.2 Å². The molecule has 2 aromatic rings. The van der Waals surface area contributed by atoms with Crippen LogP contribution in [0.2, 0.25) is 0 Å². The number of ether oxygens (including phenoxy) is 1. The number of carbonyl (C=O) groups excluding carboxylic acids is 3. The molecule has 1 saturated heterocycles. The van der Waals surface area contributed by atoms with Crippen molar-refractivity contribution >= 4 is 29.2 Å². The predicted molar refractivity (Wildman–Crippen MR) is 114 cm³/mol. The number of amides is 4. The molecule has 2 aliphatic rings. The molecule has 0 unspecified atom stereocenters. The fourth-order valence-electron chi connectivity index (χ4n) is 4.29. The molecule has 0 bridgehead atoms. The molecule has 1 fully saturated rings. The van der Waals surface area contributed by atoms with Crippen LogP contribution in [0.1, 0.15) is 23.1 Å². The van der Waals surface area contributed by atoms with Gasteiger partial charge in [-0.15, -0.1) is 0 Å². The van der Waals surface area contributed by atoms with E-state index >= 15 is 0 Å². The number of urea groups is 1. The Hall–Kier alpha value is -3.95. The van der Waals surface area contributed by atoms with Gasteiger partial charge in [0.2, 0.25) is 5.91 Å². The van der Waals surface area contributed by atoms with E-state index in [-0.39, 0.29) is 11.4 Å². The standard InChI is InChI=1S/C22H22N4O6/c1-13-9-17(26(30)31)18(32-2)10-16(13)23-19(27)12-25-20(28)22(24-21(25)29)8-7-14-5-3-4-6-15(14)11-22/h3-6,9-10H,7-8,11-12H2,1-2H3,(H,23,27)(H,24,29)/t22-/m1/s1. The summed E-state index contributed by atoms with van der Waals surface area (Å²) in [4.78, 5) is 49.8. The number of methoxy groups -OCH3 is 1. The van der Waals surface area contributed by atoms with Gasteiger partial charge in [-0.3, -0.25) is 24.6 Å². The van der Waals surface area contributed by atoms with Crippen LogP contribution in [0, 0.1) is 17.0 Å². The third-order valence-corrected chi connectivity index (χ3v) is 5.98. The lowest BCUT2D eigenvalue weighted by atomic mass is 9.78. The zero-order valence-corrected chi connectivity index (χ0v) is 17.6. The molecule has 0 aromatic heterocycles. The van der Waals surface area contributed by atoms with E-state index in [2.05, 4.69) is 10.6 Å². The Kier molecular flexibility index (Phi) is 5.29. The average molecular weight is 438 g/mol. The van der Waals surface area contributed by atoms with E-state index in [0.717, 1.165) is 16.0 Å². The Morgan fingerprint density at radius 1 is 1.28 bits per heavy atom. The van der Waals surface area contributed by atoms with Gasteiger partial charge in [-0.1, -0.05) is 24.3 Å². The molecular formula is C22H22N4O6. The van der Waals surface area contributed by atoms with Crippen LogP contribution in [0.15, 0.2) is 36.4 Å². The number of carbonyl (C=O) groups is 3. The van der Waals surface area contributed by atoms with Gasteiger partial charge in [0.15, 0.2) is 5.75 Å². The van der Waals surface area contributed by atoms with Gasteiger partial charge in [0.05, 0.1) is 12.0 Å². The van der Waals surface area contributed by atoms with Gasteiger partial charge in [-0.25, -0.2) is 4.79 Å². The normalized spacial score (nSPS) is 19.5. The maximum absolute atomic E-state index is 13.1. The number of hydrogen-bond acceptors (Lipinski definition) is 6. The molecule has 0 radical (unpaired) electrons. The SMILES string of the molecule is COc1cc(NC(=O)CN2C(=O)N[C@@]3(CCc4ccccc4C3)C2=O)c(C)cc1[N+](=O)[O-]. The van der Waals surface area contributed by atoms with Crippen molar-refractivity contribution in [3.05, 3.63) is 63.2 Å². The first kappa shape index (κ1) is 21.3. The number of nitrogens with zero attached hydrogens (tertiary/aromatic N) is 2. The van der Waals surface area contributed by atoms with Gasteiger partial charge < -0.3 is 15.4 Å². The molecule has 4 rings (SSSR count). The summed E-state index contributed by atoms with van der Waals surface area (Å²) in [6, 6.07) is 9.81. The molecule has 2 N–H and O–H groups in total. The van der Waals surface area contributed by atoms with Gasteiger partial charge in [0.25, 0.3) is 5.91 Å². The molecular weight excluding hydrogens is 416 g/mol. The van der Waals surface area contributed by atoms with Crippen molar-refractivity contribution in [3.8, 4) is 5.75 Å². The van der Waals surface area contributed by atoms with Crippen LogP contribution in [-0.4, -0.2) is 46.9 Å². The average Bonchev–Trinajstić information content (AvgIpc) is 2.98. The van der Waals surface area contributed by atoms with Crippen LogP contribution in [0.3, 0.4) is 0 Å². The Bertz CT molecular complexity index is 1150. The van der Waals surface area contributed by atoms with Gasteiger partial charge >= 0.3 is 11.7 Å². The summed E-state index contributed by atoms with van der Waals surface area (Å²) in [5.41, 5.74) is 1.63. The van der Waals surface area contributed by atoms with Crippen molar-refractivity contribution in [1.82, 2.24) is 10.2 Å². The van der Waals surface area contributed by atoms with Crippen molar-refractivity contribution in [2.24, 2.45) is 0 Å². The summed E-state index contributed by atoms with van der Waals surface area (Å²) in [5, 5.41) is 16.5. The van der Waals surface area contributed by atoms with E-state index < -0.39 is 34.9 Å². The Morgan fingerprint density at radius 3 is 2.69 bits per heavy atom. The molecule has 1 aliphatic carbocycles. The number of nitrogens with one attached hydrogen (secondary N) is 2. The fourth-order valence-corrected chi connectivity index (χ4v) is 4.29. The maximum Gasteiger partial charge on any atom is 0.325 e. The molecule has 166 valence electrons. The first-order chi connectivity index (χ1) is 15.2. The number of anilines is 1. The van der Waals surface area contributed by atoms with Crippen LogP contribution >= 0.6 is 0 Å². The minimum Gasteiger partial charge on any atom is -0.490 e. The number of rotatable bonds is 5. The lowest BCUT2D eigenvalue weighted by Gasteiger charge is -2.32. The second-order valence-electron chi connectivity index (χ2n) is 7.99. The second kappa shape index (κ2) is 7.95. The summed E-state index contributed by atoms with van der Waals surface area (Å²) >= 11 is 0. The van der Waals surface area contributed by atoms with Crippen molar-refractivity contribution in [2.75, 3.05) is 19.0 Å². The molecule has 10 heteroatoms. The van der Waals surface area contributed by atoms with E-state index in [4.69, 9.17) is 4.74 Å². The minimum absolute atomic E-state index is 0.00860. The predicted octanol–water partition coefficient (Wildman–Crippen LogP) is 2.33. The summed E-state index contributed by atoms with van der Waals surface area (Å²) in [5.74, 6) is -1.03. The zero-order chi connectivity index (χ0) is 23.0. The maximum atomic E-state index is 13.1. The van der Waals surface area contributed by atoms with Crippen LogP contribution in [0.4, 0.5) is 16.2 Å². The minimum atomic E-state index is -1.04. The summed E-state index contributed by atoms with van der Waals surface area (Å²) in [6.07, 6.45) is 1.50. The highest BCUT2D eigenvalue weighted by atomic mass is 16.6. The number of hydrogen-bond donors (Lipinski definition) is 2. The highest BCUT2D eigenvalue weighted by Gasteiger charge is 2.52. The highest BCUT2D eigenvalue weighted by Crippen LogP contribution is 2.34. The number of imide groups is 1. The highest BCUT2D eigenvalue weighted by molar-refractivity contribution is 6.10. The molecule has 1 atom stereocenters. The topological polar surface area (TPSA) is 131 Å². The number of nitro groups is 1. The lowest BCUT2D eigenvalue weighted by Crippen LogP contribution is -2.51. The van der Waals surface area contributed by atoms with Crippen LogP contribution in [0.25, 0.3) is 0 Å². The number of aryl methyl sites for hydroxylation is 2. The van der Waals surface area contributed by atoms with Crippen molar-refractivity contribution in [3.63, 3.8) is 0 Å². The molecule has 2 aromatic carbocycles. The molecule has 1 heterocycles. The van der Waals surface area contributed by atoms with E-state index in [9.17, 15) is 24.5 Å². The first-order valence-electron chi connectivity index (χ1n) is 10.1. The van der Waals surface area contributed by atoms with Crippen molar-refractivity contribution in [2.45, 2.75) is 31.7 Å². The number of benzene rings is 2. The quantitative estimate of drug-likeness (QED) is 0.419. The Labute approximate surface area is 183 Å². The number of nitro benzene ring substituents is 1.